The molecule has 5 heteroatoms. The molecule has 1 N–H and O–H groups in total. The molecule has 2 rings (SSSR count). The molecule has 1 fully saturated rings. The molecular weight excluding hydrogens is 256 g/mol. The summed E-state index contributed by atoms with van der Waals surface area (Å²) in [6.45, 7) is 3.09. The summed E-state index contributed by atoms with van der Waals surface area (Å²) in [4.78, 5) is 25.7. The van der Waals surface area contributed by atoms with Crippen LogP contribution in [0.5, 0.6) is 5.75 Å². The highest BCUT2D eigenvalue weighted by Crippen LogP contribution is 2.27. The van der Waals surface area contributed by atoms with E-state index in [0.29, 0.717) is 18.8 Å². The normalized spacial score (nSPS) is 18.2. The second-order valence-electron chi connectivity index (χ2n) is 4.90. The highest BCUT2D eigenvalue weighted by atomic mass is 16.5. The highest BCUT2D eigenvalue weighted by molar-refractivity contribution is 6.00. The Bertz CT molecular complexity index is 502. The maximum Gasteiger partial charge on any atom is 0.227 e. The molecule has 108 valence electrons. The minimum absolute atomic E-state index is 0.0186. The third-order valence-electron chi connectivity index (χ3n) is 3.41. The van der Waals surface area contributed by atoms with Crippen LogP contribution in [0, 0.1) is 5.92 Å². The summed E-state index contributed by atoms with van der Waals surface area (Å²) in [7, 11) is 1.59. The smallest absolute Gasteiger partial charge is 0.227 e. The van der Waals surface area contributed by atoms with Crippen LogP contribution in [-0.4, -0.2) is 32.0 Å². The van der Waals surface area contributed by atoms with Crippen molar-refractivity contribution in [2.75, 3.05) is 25.1 Å². The third kappa shape index (κ3) is 3.10. The number of carbonyl (C=O) groups excluding carboxylic acids is 2. The number of methoxy groups -OCH3 is 1. The number of carbonyl (C=O) groups is 2. The Hall–Kier alpha value is -2.04. The molecule has 1 saturated heterocycles. The molecule has 1 aromatic carbocycles. The molecule has 0 radical (unpaired) electrons. The maximum atomic E-state index is 12.1. The minimum atomic E-state index is -0.264. The molecule has 20 heavy (non-hydrogen) atoms. The monoisotopic (exact) mass is 276 g/mol. The van der Waals surface area contributed by atoms with Gasteiger partial charge in [0.2, 0.25) is 11.8 Å². The van der Waals surface area contributed by atoms with Crippen LogP contribution in [0.1, 0.15) is 19.8 Å². The zero-order chi connectivity index (χ0) is 14.5. The Labute approximate surface area is 118 Å². The summed E-state index contributed by atoms with van der Waals surface area (Å²) < 4.78 is 5.16. The Morgan fingerprint density at radius 3 is 3.00 bits per heavy atom. The van der Waals surface area contributed by atoms with Gasteiger partial charge < -0.3 is 15.0 Å². The van der Waals surface area contributed by atoms with Crippen LogP contribution in [0.3, 0.4) is 0 Å². The van der Waals surface area contributed by atoms with Crippen molar-refractivity contribution < 1.29 is 14.3 Å². The van der Waals surface area contributed by atoms with Gasteiger partial charge in [-0.2, -0.15) is 0 Å². The van der Waals surface area contributed by atoms with Gasteiger partial charge in [0.1, 0.15) is 5.75 Å². The predicted molar refractivity (Wildman–Crippen MR) is 76.8 cm³/mol. The first-order chi connectivity index (χ1) is 9.65. The Morgan fingerprint density at radius 1 is 1.50 bits per heavy atom. The minimum Gasteiger partial charge on any atom is -0.497 e. The summed E-state index contributed by atoms with van der Waals surface area (Å²) in [5.41, 5.74) is 0.778. The van der Waals surface area contributed by atoms with Crippen LogP contribution in [-0.2, 0) is 9.59 Å². The van der Waals surface area contributed by atoms with E-state index >= 15 is 0 Å². The van der Waals surface area contributed by atoms with Crippen molar-refractivity contribution in [1.82, 2.24) is 5.32 Å². The number of nitrogens with zero attached hydrogens (tertiary/aromatic N) is 1. The SMILES string of the molecule is CCCNC(=O)[C@@H]1CC(=O)N(c2cccc(OC)c2)C1. The largest absolute Gasteiger partial charge is 0.497 e. The number of hydrogen-bond acceptors (Lipinski definition) is 3. The van der Waals surface area contributed by atoms with Crippen LogP contribution in [0.25, 0.3) is 0 Å². The van der Waals surface area contributed by atoms with Crippen LogP contribution >= 0.6 is 0 Å². The lowest BCUT2D eigenvalue weighted by Crippen LogP contribution is -2.33. The van der Waals surface area contributed by atoms with Gasteiger partial charge >= 0.3 is 0 Å². The number of hydrogen-bond donors (Lipinski definition) is 1. The van der Waals surface area contributed by atoms with Gasteiger partial charge in [-0.25, -0.2) is 0 Å². The van der Waals surface area contributed by atoms with Gasteiger partial charge in [-0.05, 0) is 18.6 Å². The van der Waals surface area contributed by atoms with E-state index in [9.17, 15) is 9.59 Å². The summed E-state index contributed by atoms with van der Waals surface area (Å²) in [6.07, 6.45) is 1.17. The van der Waals surface area contributed by atoms with Crippen molar-refractivity contribution >= 4 is 17.5 Å². The van der Waals surface area contributed by atoms with Crippen molar-refractivity contribution in [3.63, 3.8) is 0 Å². The van der Waals surface area contributed by atoms with Gasteiger partial charge in [-0.15, -0.1) is 0 Å². The Morgan fingerprint density at radius 2 is 2.30 bits per heavy atom. The van der Waals surface area contributed by atoms with E-state index in [1.807, 2.05) is 31.2 Å². The lowest BCUT2D eigenvalue weighted by molar-refractivity contribution is -0.126. The molecule has 0 aromatic heterocycles. The summed E-state index contributed by atoms with van der Waals surface area (Å²) in [6, 6.07) is 7.33. The van der Waals surface area contributed by atoms with E-state index in [1.54, 1.807) is 12.0 Å². The van der Waals surface area contributed by atoms with Crippen molar-refractivity contribution in [3.8, 4) is 5.75 Å². The fourth-order valence-corrected chi connectivity index (χ4v) is 2.30. The van der Waals surface area contributed by atoms with Crippen molar-refractivity contribution in [1.29, 1.82) is 0 Å². The van der Waals surface area contributed by atoms with Gasteiger partial charge in [0.05, 0.1) is 13.0 Å². The fraction of sp³-hybridized carbons (Fsp3) is 0.467. The molecule has 0 unspecified atom stereocenters. The van der Waals surface area contributed by atoms with E-state index in [0.717, 1.165) is 12.1 Å². The van der Waals surface area contributed by atoms with Crippen molar-refractivity contribution in [3.05, 3.63) is 24.3 Å². The zero-order valence-electron chi connectivity index (χ0n) is 11.9. The van der Waals surface area contributed by atoms with E-state index in [1.165, 1.54) is 0 Å². The van der Waals surface area contributed by atoms with Gasteiger partial charge in [0.15, 0.2) is 0 Å². The molecule has 1 aliphatic rings. The number of benzene rings is 1. The number of anilines is 1. The average molecular weight is 276 g/mol. The second-order valence-corrected chi connectivity index (χ2v) is 4.90. The second kappa shape index (κ2) is 6.41. The first kappa shape index (κ1) is 14.4. The molecule has 1 aliphatic heterocycles. The van der Waals surface area contributed by atoms with Gasteiger partial charge in [0, 0.05) is 31.3 Å². The van der Waals surface area contributed by atoms with Gasteiger partial charge in [-0.3, -0.25) is 9.59 Å². The molecule has 5 nitrogen and oxygen atoms in total. The molecule has 0 bridgehead atoms. The first-order valence-electron chi connectivity index (χ1n) is 6.87. The van der Waals surface area contributed by atoms with Crippen LogP contribution in [0.2, 0.25) is 0 Å². The molecule has 1 aromatic rings. The van der Waals surface area contributed by atoms with Crippen LogP contribution in [0.4, 0.5) is 5.69 Å². The molecule has 0 saturated carbocycles. The van der Waals surface area contributed by atoms with Crippen molar-refractivity contribution in [2.45, 2.75) is 19.8 Å². The number of amides is 2. The third-order valence-corrected chi connectivity index (χ3v) is 3.41. The molecule has 1 heterocycles. The van der Waals surface area contributed by atoms with Crippen molar-refractivity contribution in [2.24, 2.45) is 5.92 Å². The Kier molecular flexibility index (Phi) is 4.61. The lowest BCUT2D eigenvalue weighted by atomic mass is 10.1. The zero-order valence-corrected chi connectivity index (χ0v) is 11.9. The van der Waals surface area contributed by atoms with E-state index in [-0.39, 0.29) is 24.2 Å². The lowest BCUT2D eigenvalue weighted by Gasteiger charge is -2.17. The summed E-state index contributed by atoms with van der Waals surface area (Å²) in [5.74, 6) is 0.384. The molecule has 1 atom stereocenters. The van der Waals surface area contributed by atoms with Gasteiger partial charge in [0.25, 0.3) is 0 Å². The topological polar surface area (TPSA) is 58.6 Å². The molecule has 0 spiro atoms. The quantitative estimate of drug-likeness (QED) is 0.888. The molecule has 0 aliphatic carbocycles. The fourth-order valence-electron chi connectivity index (χ4n) is 2.30. The first-order valence-corrected chi connectivity index (χ1v) is 6.87. The number of rotatable bonds is 5. The molecular formula is C15H20N2O3. The number of ether oxygens (including phenoxy) is 1. The Balaban J connectivity index is 2.07. The molecule has 2 amide bonds. The predicted octanol–water partition coefficient (Wildman–Crippen LogP) is 1.57. The highest BCUT2D eigenvalue weighted by Gasteiger charge is 2.34. The average Bonchev–Trinajstić information content (AvgIpc) is 2.87. The van der Waals surface area contributed by atoms with E-state index < -0.39 is 0 Å². The van der Waals surface area contributed by atoms with Gasteiger partial charge in [-0.1, -0.05) is 13.0 Å². The summed E-state index contributed by atoms with van der Waals surface area (Å²) in [5, 5.41) is 2.85. The van der Waals surface area contributed by atoms with Crippen LogP contribution < -0.4 is 15.0 Å². The van der Waals surface area contributed by atoms with E-state index in [2.05, 4.69) is 5.32 Å². The number of nitrogens with one attached hydrogen (secondary N) is 1. The standard InChI is InChI=1S/C15H20N2O3/c1-3-7-16-15(19)11-8-14(18)17(10-11)12-5-4-6-13(9-12)20-2/h4-6,9,11H,3,7-8,10H2,1-2H3,(H,16,19)/t11-/m1/s1. The maximum absolute atomic E-state index is 12.1. The van der Waals surface area contributed by atoms with E-state index in [4.69, 9.17) is 4.74 Å². The summed E-state index contributed by atoms with van der Waals surface area (Å²) >= 11 is 0. The van der Waals surface area contributed by atoms with Crippen LogP contribution in [0.15, 0.2) is 24.3 Å².